The zero-order valence-corrected chi connectivity index (χ0v) is 16.3. The number of carboxylic acids is 1. The summed E-state index contributed by atoms with van der Waals surface area (Å²) < 4.78 is 0. The summed E-state index contributed by atoms with van der Waals surface area (Å²) in [5.74, 6) is -1.05. The molecule has 0 aliphatic carbocycles. The van der Waals surface area contributed by atoms with Crippen LogP contribution >= 0.6 is 0 Å². The van der Waals surface area contributed by atoms with E-state index in [9.17, 15) is 14.4 Å². The Morgan fingerprint density at radius 3 is 2.63 bits per heavy atom. The van der Waals surface area contributed by atoms with Crippen LogP contribution in [0.25, 0.3) is 0 Å². The Labute approximate surface area is 160 Å². The number of aliphatic carboxylic acids is 1. The second-order valence-electron chi connectivity index (χ2n) is 7.20. The molecule has 0 bridgehead atoms. The number of Topliss-reactive ketones (excluding diaryl/α,β-unsaturated/α-hetero) is 1. The molecule has 0 radical (unpaired) electrons. The highest BCUT2D eigenvalue weighted by Crippen LogP contribution is 2.20. The minimum atomic E-state index is -0.824. The van der Waals surface area contributed by atoms with Gasteiger partial charge in [0.15, 0.2) is 5.78 Å². The SMILES string of the molecule is CC(=O)c1ccccc1NC(=O)C(C)N1CCCC(N(C)CC(=O)O)CC1. The molecule has 2 unspecified atom stereocenters. The van der Waals surface area contributed by atoms with Crippen LogP contribution in [0.5, 0.6) is 0 Å². The number of nitrogens with zero attached hydrogens (tertiary/aromatic N) is 2. The Bertz CT molecular complexity index is 692. The van der Waals surface area contributed by atoms with Crippen molar-refractivity contribution in [3.8, 4) is 0 Å². The molecule has 0 aromatic heterocycles. The maximum Gasteiger partial charge on any atom is 0.317 e. The minimum Gasteiger partial charge on any atom is -0.480 e. The van der Waals surface area contributed by atoms with Crippen molar-refractivity contribution in [3.63, 3.8) is 0 Å². The van der Waals surface area contributed by atoms with Crippen LogP contribution in [-0.2, 0) is 9.59 Å². The molecule has 0 spiro atoms. The van der Waals surface area contributed by atoms with Gasteiger partial charge in [-0.25, -0.2) is 0 Å². The monoisotopic (exact) mass is 375 g/mol. The van der Waals surface area contributed by atoms with E-state index in [4.69, 9.17) is 5.11 Å². The molecule has 7 nitrogen and oxygen atoms in total. The van der Waals surface area contributed by atoms with Gasteiger partial charge < -0.3 is 10.4 Å². The van der Waals surface area contributed by atoms with Crippen LogP contribution in [0, 0.1) is 0 Å². The molecule has 1 saturated heterocycles. The van der Waals surface area contributed by atoms with E-state index in [1.54, 1.807) is 24.3 Å². The summed E-state index contributed by atoms with van der Waals surface area (Å²) in [5.41, 5.74) is 1.04. The Morgan fingerprint density at radius 2 is 1.96 bits per heavy atom. The second kappa shape index (κ2) is 9.62. The van der Waals surface area contributed by atoms with Gasteiger partial charge in [-0.15, -0.1) is 0 Å². The van der Waals surface area contributed by atoms with E-state index in [-0.39, 0.29) is 30.3 Å². The van der Waals surface area contributed by atoms with Crippen LogP contribution in [-0.4, -0.2) is 71.3 Å². The second-order valence-corrected chi connectivity index (χ2v) is 7.20. The van der Waals surface area contributed by atoms with Gasteiger partial charge in [0.05, 0.1) is 18.3 Å². The van der Waals surface area contributed by atoms with Gasteiger partial charge in [0, 0.05) is 18.2 Å². The lowest BCUT2D eigenvalue weighted by atomic mass is 10.1. The fourth-order valence-electron chi connectivity index (χ4n) is 3.57. The third-order valence-electron chi connectivity index (χ3n) is 5.23. The van der Waals surface area contributed by atoms with Crippen LogP contribution in [0.2, 0.25) is 0 Å². The summed E-state index contributed by atoms with van der Waals surface area (Å²) in [4.78, 5) is 39.4. The number of rotatable bonds is 7. The Balaban J connectivity index is 1.97. The number of hydrogen-bond acceptors (Lipinski definition) is 5. The van der Waals surface area contributed by atoms with Crippen molar-refractivity contribution in [3.05, 3.63) is 29.8 Å². The molecule has 1 aromatic carbocycles. The Hall–Kier alpha value is -2.25. The zero-order valence-electron chi connectivity index (χ0n) is 16.3. The fraction of sp³-hybridized carbons (Fsp3) is 0.550. The summed E-state index contributed by atoms with van der Waals surface area (Å²) in [6.07, 6.45) is 2.66. The van der Waals surface area contributed by atoms with Crippen LogP contribution in [0.15, 0.2) is 24.3 Å². The molecule has 148 valence electrons. The van der Waals surface area contributed by atoms with Crippen molar-refractivity contribution in [2.45, 2.75) is 45.2 Å². The van der Waals surface area contributed by atoms with Crippen molar-refractivity contribution in [2.75, 3.05) is 32.0 Å². The van der Waals surface area contributed by atoms with E-state index >= 15 is 0 Å². The lowest BCUT2D eigenvalue weighted by Crippen LogP contribution is -2.43. The zero-order chi connectivity index (χ0) is 20.0. The van der Waals surface area contributed by atoms with E-state index in [1.165, 1.54) is 6.92 Å². The van der Waals surface area contributed by atoms with Gasteiger partial charge in [-0.1, -0.05) is 12.1 Å². The van der Waals surface area contributed by atoms with Gasteiger partial charge in [0.2, 0.25) is 5.91 Å². The number of benzene rings is 1. The molecule has 1 aliphatic rings. The van der Waals surface area contributed by atoms with Gasteiger partial charge in [-0.3, -0.25) is 24.2 Å². The molecule has 0 saturated carbocycles. The van der Waals surface area contributed by atoms with Crippen LogP contribution < -0.4 is 5.32 Å². The molecule has 2 rings (SSSR count). The summed E-state index contributed by atoms with van der Waals surface area (Å²) in [7, 11) is 1.84. The van der Waals surface area contributed by atoms with E-state index in [1.807, 2.05) is 18.9 Å². The molecule has 1 aromatic rings. The van der Waals surface area contributed by atoms with E-state index in [0.717, 1.165) is 32.4 Å². The van der Waals surface area contributed by atoms with Gasteiger partial charge in [0.1, 0.15) is 0 Å². The number of ketones is 1. The molecule has 27 heavy (non-hydrogen) atoms. The number of carbonyl (C=O) groups is 3. The number of carboxylic acid groups (broad SMARTS) is 1. The molecule has 1 heterocycles. The number of amides is 1. The first kappa shape index (κ1) is 21.1. The average Bonchev–Trinajstić information content (AvgIpc) is 2.87. The van der Waals surface area contributed by atoms with Gasteiger partial charge in [0.25, 0.3) is 0 Å². The first-order chi connectivity index (χ1) is 12.8. The summed E-state index contributed by atoms with van der Waals surface area (Å²) in [6, 6.07) is 6.89. The largest absolute Gasteiger partial charge is 0.480 e. The molecule has 2 N–H and O–H groups in total. The smallest absolute Gasteiger partial charge is 0.317 e. The van der Waals surface area contributed by atoms with Crippen molar-refractivity contribution in [1.29, 1.82) is 0 Å². The number of likely N-dealkylation sites (N-methyl/N-ethyl adjacent to an activating group) is 1. The summed E-state index contributed by atoms with van der Waals surface area (Å²) >= 11 is 0. The quantitative estimate of drug-likeness (QED) is 0.709. The molecule has 1 fully saturated rings. The number of carbonyl (C=O) groups excluding carboxylic acids is 2. The normalized spacial score (nSPS) is 19.3. The van der Waals surface area contributed by atoms with Crippen molar-refractivity contribution >= 4 is 23.3 Å². The van der Waals surface area contributed by atoms with Crippen LogP contribution in [0.4, 0.5) is 5.69 Å². The summed E-state index contributed by atoms with van der Waals surface area (Å²) in [6.45, 7) is 4.91. The topological polar surface area (TPSA) is 90.0 Å². The summed E-state index contributed by atoms with van der Waals surface area (Å²) in [5, 5.41) is 11.9. The number of anilines is 1. The fourth-order valence-corrected chi connectivity index (χ4v) is 3.57. The maximum absolute atomic E-state index is 12.7. The predicted molar refractivity (Wildman–Crippen MR) is 104 cm³/mol. The average molecular weight is 375 g/mol. The molecular formula is C20H29N3O4. The highest BCUT2D eigenvalue weighted by Gasteiger charge is 2.27. The van der Waals surface area contributed by atoms with Crippen molar-refractivity contribution in [2.24, 2.45) is 0 Å². The van der Waals surface area contributed by atoms with Gasteiger partial charge in [-0.05, 0) is 58.8 Å². The Kier molecular flexibility index (Phi) is 7.50. The molecule has 2 atom stereocenters. The molecular weight excluding hydrogens is 346 g/mol. The van der Waals surface area contributed by atoms with Gasteiger partial charge in [-0.2, -0.15) is 0 Å². The van der Waals surface area contributed by atoms with Gasteiger partial charge >= 0.3 is 5.97 Å². The molecule has 7 heteroatoms. The van der Waals surface area contributed by atoms with E-state index in [0.29, 0.717) is 11.3 Å². The third kappa shape index (κ3) is 5.87. The maximum atomic E-state index is 12.7. The molecule has 1 aliphatic heterocycles. The number of nitrogens with one attached hydrogen (secondary N) is 1. The Morgan fingerprint density at radius 1 is 1.26 bits per heavy atom. The lowest BCUT2D eigenvalue weighted by molar-refractivity contribution is -0.138. The van der Waals surface area contributed by atoms with Crippen molar-refractivity contribution in [1.82, 2.24) is 9.80 Å². The minimum absolute atomic E-state index is 0.0303. The van der Waals surface area contributed by atoms with Crippen LogP contribution in [0.1, 0.15) is 43.5 Å². The number of para-hydroxylation sites is 1. The van der Waals surface area contributed by atoms with Crippen molar-refractivity contribution < 1.29 is 19.5 Å². The number of hydrogen-bond donors (Lipinski definition) is 2. The lowest BCUT2D eigenvalue weighted by Gasteiger charge is -2.28. The predicted octanol–water partition coefficient (Wildman–Crippen LogP) is 2.09. The molecule has 1 amide bonds. The van der Waals surface area contributed by atoms with E-state index < -0.39 is 5.97 Å². The highest BCUT2D eigenvalue weighted by molar-refractivity contribution is 6.04. The first-order valence-electron chi connectivity index (χ1n) is 9.36. The third-order valence-corrected chi connectivity index (χ3v) is 5.23. The highest BCUT2D eigenvalue weighted by atomic mass is 16.4. The number of likely N-dealkylation sites (tertiary alicyclic amines) is 1. The first-order valence-corrected chi connectivity index (χ1v) is 9.36. The van der Waals surface area contributed by atoms with E-state index in [2.05, 4.69) is 10.2 Å². The van der Waals surface area contributed by atoms with Crippen LogP contribution in [0.3, 0.4) is 0 Å². The standard InChI is InChI=1S/C20H29N3O4/c1-14(20(27)21-18-9-5-4-8-17(18)15(2)24)23-11-6-7-16(10-12-23)22(3)13-19(25)26/h4-5,8-9,14,16H,6-7,10-13H2,1-3H3,(H,21,27)(H,25,26).